The Morgan fingerprint density at radius 2 is 1.77 bits per heavy atom. The van der Waals surface area contributed by atoms with E-state index in [9.17, 15) is 14.6 Å². The van der Waals surface area contributed by atoms with Crippen molar-refractivity contribution in [3.63, 3.8) is 0 Å². The van der Waals surface area contributed by atoms with Crippen LogP contribution in [0.1, 0.15) is 55.0 Å². The quantitative estimate of drug-likeness (QED) is 0.437. The lowest BCUT2D eigenvalue weighted by Gasteiger charge is -2.35. The van der Waals surface area contributed by atoms with Crippen LogP contribution in [0.3, 0.4) is 0 Å². The monoisotopic (exact) mass is 475 g/mol. The number of rotatable bonds is 9. The van der Waals surface area contributed by atoms with E-state index in [1.807, 2.05) is 16.9 Å². The van der Waals surface area contributed by atoms with E-state index in [4.69, 9.17) is 0 Å². The van der Waals surface area contributed by atoms with Gasteiger partial charge in [0.05, 0.1) is 30.8 Å². The van der Waals surface area contributed by atoms with Gasteiger partial charge in [0.2, 0.25) is 0 Å². The molecule has 0 fully saturated rings. The van der Waals surface area contributed by atoms with Gasteiger partial charge >= 0.3 is 0 Å². The molecular formula is C29H34FN3O2. The lowest BCUT2D eigenvalue weighted by Crippen LogP contribution is -2.35. The van der Waals surface area contributed by atoms with Crippen molar-refractivity contribution in [2.45, 2.75) is 44.6 Å². The Hall–Kier alpha value is -2.80. The Balaban J connectivity index is 1.43. The minimum absolute atomic E-state index is 0.0737. The minimum Gasteiger partial charge on any atom is -0.395 e. The molecule has 1 unspecified atom stereocenters. The van der Waals surface area contributed by atoms with Crippen molar-refractivity contribution in [1.82, 2.24) is 14.7 Å². The first kappa shape index (κ1) is 23.9. The zero-order chi connectivity index (χ0) is 24.4. The standard InChI is InChI=1S/C29H34FN3O2/c1-20-26-19-31-33(25-11-9-24(30)10-12-25)28(26)18-23-8-7-22(29(20)23)17-27(21-5-3-2-4-6-21)32(13-15-34)14-16-35/h2-6,9-12,19-20,22,27,34-35H,7-8,13-18H2,1H3/t20-,22+,27?/m0/s1. The summed E-state index contributed by atoms with van der Waals surface area (Å²) in [5.41, 5.74) is 7.67. The molecule has 0 saturated carbocycles. The minimum atomic E-state index is -0.240. The summed E-state index contributed by atoms with van der Waals surface area (Å²) < 4.78 is 15.4. The zero-order valence-corrected chi connectivity index (χ0v) is 20.3. The van der Waals surface area contributed by atoms with E-state index in [0.29, 0.717) is 19.0 Å². The summed E-state index contributed by atoms with van der Waals surface area (Å²) in [4.78, 5) is 2.22. The van der Waals surface area contributed by atoms with Gasteiger partial charge in [-0.25, -0.2) is 9.07 Å². The highest BCUT2D eigenvalue weighted by Gasteiger charge is 2.38. The van der Waals surface area contributed by atoms with E-state index < -0.39 is 0 Å². The molecule has 3 aromatic rings. The van der Waals surface area contributed by atoms with Crippen LogP contribution in [-0.2, 0) is 6.42 Å². The van der Waals surface area contributed by atoms with Gasteiger partial charge in [-0.2, -0.15) is 5.10 Å². The maximum absolute atomic E-state index is 13.5. The summed E-state index contributed by atoms with van der Waals surface area (Å²) in [7, 11) is 0. The van der Waals surface area contributed by atoms with Crippen LogP contribution in [0.15, 0.2) is 71.9 Å². The largest absolute Gasteiger partial charge is 0.395 e. The summed E-state index contributed by atoms with van der Waals surface area (Å²) in [6.07, 6.45) is 6.05. The smallest absolute Gasteiger partial charge is 0.123 e. The maximum Gasteiger partial charge on any atom is 0.123 e. The third kappa shape index (κ3) is 4.70. The third-order valence-corrected chi connectivity index (χ3v) is 7.84. The van der Waals surface area contributed by atoms with Crippen molar-refractivity contribution in [2.75, 3.05) is 26.3 Å². The van der Waals surface area contributed by atoms with Crippen molar-refractivity contribution >= 4 is 0 Å². The number of aliphatic hydroxyl groups excluding tert-OH is 2. The van der Waals surface area contributed by atoms with Crippen LogP contribution in [0, 0.1) is 11.7 Å². The SMILES string of the molecule is C[C@@H]1C2=C(CC[C@@H]2CC(c2ccccc2)N(CCO)CCO)Cc2c1cnn2-c1ccc(F)cc1. The Morgan fingerprint density at radius 3 is 2.46 bits per heavy atom. The molecule has 1 heterocycles. The zero-order valence-electron chi connectivity index (χ0n) is 20.3. The molecule has 0 radical (unpaired) electrons. The second kappa shape index (κ2) is 10.4. The Kier molecular flexibility index (Phi) is 7.14. The number of nitrogens with zero attached hydrogens (tertiary/aromatic N) is 3. The van der Waals surface area contributed by atoms with Gasteiger partial charge in [0.1, 0.15) is 5.82 Å². The molecule has 2 aliphatic rings. The van der Waals surface area contributed by atoms with E-state index in [0.717, 1.165) is 31.4 Å². The van der Waals surface area contributed by atoms with Gasteiger partial charge in [0, 0.05) is 37.0 Å². The van der Waals surface area contributed by atoms with Crippen LogP contribution in [0.25, 0.3) is 5.69 Å². The summed E-state index contributed by atoms with van der Waals surface area (Å²) in [5, 5.41) is 24.1. The van der Waals surface area contributed by atoms with Gasteiger partial charge in [-0.05, 0) is 55.0 Å². The highest BCUT2D eigenvalue weighted by atomic mass is 19.1. The van der Waals surface area contributed by atoms with Crippen molar-refractivity contribution in [3.05, 3.63) is 94.6 Å². The van der Waals surface area contributed by atoms with Gasteiger partial charge in [-0.1, -0.05) is 48.4 Å². The third-order valence-electron chi connectivity index (χ3n) is 7.84. The first-order valence-corrected chi connectivity index (χ1v) is 12.7. The molecule has 5 nitrogen and oxygen atoms in total. The highest BCUT2D eigenvalue weighted by molar-refractivity contribution is 5.47. The van der Waals surface area contributed by atoms with Crippen molar-refractivity contribution < 1.29 is 14.6 Å². The summed E-state index contributed by atoms with van der Waals surface area (Å²) in [6.45, 7) is 3.53. The molecule has 35 heavy (non-hydrogen) atoms. The van der Waals surface area contributed by atoms with Crippen molar-refractivity contribution in [2.24, 2.45) is 5.92 Å². The molecule has 2 aliphatic carbocycles. The summed E-state index contributed by atoms with van der Waals surface area (Å²) in [5.74, 6) is 0.500. The predicted molar refractivity (Wildman–Crippen MR) is 135 cm³/mol. The molecule has 2 aromatic carbocycles. The molecule has 0 aliphatic heterocycles. The fourth-order valence-corrected chi connectivity index (χ4v) is 6.25. The van der Waals surface area contributed by atoms with E-state index in [2.05, 4.69) is 41.2 Å². The topological polar surface area (TPSA) is 61.5 Å². The molecule has 6 heteroatoms. The van der Waals surface area contributed by atoms with Crippen LogP contribution in [0.2, 0.25) is 0 Å². The normalized spacial score (nSPS) is 20.3. The number of aromatic nitrogens is 2. The lowest BCUT2D eigenvalue weighted by atomic mass is 9.77. The van der Waals surface area contributed by atoms with Crippen LogP contribution < -0.4 is 0 Å². The molecule has 5 rings (SSSR count). The fraction of sp³-hybridized carbons (Fsp3) is 0.414. The first-order chi connectivity index (χ1) is 17.1. The van der Waals surface area contributed by atoms with Gasteiger partial charge in [0.25, 0.3) is 0 Å². The molecule has 0 spiro atoms. The molecule has 3 atom stereocenters. The number of fused-ring (bicyclic) bond motifs is 1. The second-order valence-electron chi connectivity index (χ2n) is 9.77. The molecule has 0 amide bonds. The van der Waals surface area contributed by atoms with Crippen molar-refractivity contribution in [1.29, 1.82) is 0 Å². The van der Waals surface area contributed by atoms with Crippen LogP contribution >= 0.6 is 0 Å². The summed E-state index contributed by atoms with van der Waals surface area (Å²) in [6, 6.07) is 17.2. The number of allylic oxidation sites excluding steroid dienone is 2. The van der Waals surface area contributed by atoms with E-state index >= 15 is 0 Å². The second-order valence-corrected chi connectivity index (χ2v) is 9.77. The molecule has 2 N–H and O–H groups in total. The first-order valence-electron chi connectivity index (χ1n) is 12.7. The lowest BCUT2D eigenvalue weighted by molar-refractivity contribution is 0.110. The molecule has 1 aromatic heterocycles. The number of hydrogen-bond acceptors (Lipinski definition) is 4. The summed E-state index contributed by atoms with van der Waals surface area (Å²) >= 11 is 0. The molecule has 184 valence electrons. The number of hydrogen-bond donors (Lipinski definition) is 2. The average Bonchev–Trinajstić information content (AvgIpc) is 3.48. The number of halogens is 1. The van der Waals surface area contributed by atoms with Gasteiger partial charge in [0.15, 0.2) is 0 Å². The van der Waals surface area contributed by atoms with Gasteiger partial charge in [-0.3, -0.25) is 4.90 Å². The Bertz CT molecular complexity index is 1170. The van der Waals surface area contributed by atoms with Crippen molar-refractivity contribution in [3.8, 4) is 5.69 Å². The van der Waals surface area contributed by atoms with E-state index in [1.165, 1.54) is 34.5 Å². The Morgan fingerprint density at radius 1 is 1.06 bits per heavy atom. The number of benzene rings is 2. The number of aliphatic hydroxyl groups is 2. The molecular weight excluding hydrogens is 441 g/mol. The average molecular weight is 476 g/mol. The van der Waals surface area contributed by atoms with Gasteiger partial charge < -0.3 is 10.2 Å². The molecule has 0 bridgehead atoms. The van der Waals surface area contributed by atoms with E-state index in [-0.39, 0.29) is 31.0 Å². The Labute approximate surface area is 206 Å². The van der Waals surface area contributed by atoms with Crippen LogP contribution in [0.5, 0.6) is 0 Å². The van der Waals surface area contributed by atoms with Crippen LogP contribution in [0.4, 0.5) is 4.39 Å². The van der Waals surface area contributed by atoms with E-state index in [1.54, 1.807) is 17.7 Å². The maximum atomic E-state index is 13.5. The molecule has 0 saturated heterocycles. The predicted octanol–water partition coefficient (Wildman–Crippen LogP) is 4.80. The van der Waals surface area contributed by atoms with Gasteiger partial charge in [-0.15, -0.1) is 0 Å². The van der Waals surface area contributed by atoms with Crippen LogP contribution in [-0.4, -0.2) is 51.2 Å². The highest BCUT2D eigenvalue weighted by Crippen LogP contribution is 2.50. The fourth-order valence-electron chi connectivity index (χ4n) is 6.25.